The summed E-state index contributed by atoms with van der Waals surface area (Å²) < 4.78 is 7.22. The van der Waals surface area contributed by atoms with Crippen molar-refractivity contribution < 1.29 is 9.84 Å². The number of methoxy groups -OCH3 is 1. The number of nitrogens with zero attached hydrogens (tertiary/aromatic N) is 4. The molecule has 1 aliphatic heterocycles. The number of aliphatic imine (C=N–C) groups is 1. The van der Waals surface area contributed by atoms with Crippen molar-refractivity contribution in [3.63, 3.8) is 0 Å². The molecule has 1 aliphatic rings. The second-order valence-electron chi connectivity index (χ2n) is 6.87. The third kappa shape index (κ3) is 5.01. The van der Waals surface area contributed by atoms with Gasteiger partial charge in [0.1, 0.15) is 11.6 Å². The molecule has 0 saturated carbocycles. The maximum absolute atomic E-state index is 10.5. The number of guanidine groups is 1. The molecule has 0 saturated heterocycles. The van der Waals surface area contributed by atoms with Crippen molar-refractivity contribution in [1.29, 1.82) is 0 Å². The predicted octanol–water partition coefficient (Wildman–Crippen LogP) is 1.45. The van der Waals surface area contributed by atoms with Gasteiger partial charge in [-0.1, -0.05) is 19.1 Å². The number of aliphatic hydroxyl groups excluding tert-OH is 1. The molecule has 1 aromatic heterocycles. The molecule has 2 heterocycles. The Morgan fingerprint density at radius 1 is 1.43 bits per heavy atom. The fourth-order valence-corrected chi connectivity index (χ4v) is 3.27. The SMILES string of the molecule is CCNC(=NCC(O)c1cccc(OC)c1)NC1CCc2nc(CC)nn2C1. The number of benzene rings is 1. The van der Waals surface area contributed by atoms with Crippen LogP contribution in [-0.4, -0.2) is 52.1 Å². The summed E-state index contributed by atoms with van der Waals surface area (Å²) in [6.45, 7) is 5.89. The van der Waals surface area contributed by atoms with Gasteiger partial charge in [-0.05, 0) is 31.0 Å². The quantitative estimate of drug-likeness (QED) is 0.492. The van der Waals surface area contributed by atoms with Crippen LogP contribution in [0.15, 0.2) is 29.3 Å². The van der Waals surface area contributed by atoms with E-state index in [9.17, 15) is 5.11 Å². The number of hydrogen-bond donors (Lipinski definition) is 3. The molecule has 2 atom stereocenters. The first-order valence-electron chi connectivity index (χ1n) is 9.92. The minimum Gasteiger partial charge on any atom is -0.497 e. The van der Waals surface area contributed by atoms with Crippen LogP contribution in [0.25, 0.3) is 0 Å². The predicted molar refractivity (Wildman–Crippen MR) is 109 cm³/mol. The van der Waals surface area contributed by atoms with E-state index in [1.165, 1.54) is 0 Å². The third-order valence-electron chi connectivity index (χ3n) is 4.80. The van der Waals surface area contributed by atoms with E-state index in [0.717, 1.165) is 55.3 Å². The number of fused-ring (bicyclic) bond motifs is 1. The zero-order valence-corrected chi connectivity index (χ0v) is 16.9. The smallest absolute Gasteiger partial charge is 0.191 e. The Morgan fingerprint density at radius 3 is 3.04 bits per heavy atom. The van der Waals surface area contributed by atoms with Gasteiger partial charge >= 0.3 is 0 Å². The summed E-state index contributed by atoms with van der Waals surface area (Å²) in [6.07, 6.45) is 2.04. The largest absolute Gasteiger partial charge is 0.497 e. The van der Waals surface area contributed by atoms with Crippen LogP contribution in [0.4, 0.5) is 0 Å². The summed E-state index contributed by atoms with van der Waals surface area (Å²) in [4.78, 5) is 9.14. The van der Waals surface area contributed by atoms with Crippen LogP contribution in [0.2, 0.25) is 0 Å². The number of aryl methyl sites for hydroxylation is 2. The number of hydrogen-bond acceptors (Lipinski definition) is 5. The van der Waals surface area contributed by atoms with Gasteiger partial charge in [-0.2, -0.15) is 5.10 Å². The van der Waals surface area contributed by atoms with Crippen LogP contribution in [0, 0.1) is 0 Å². The first kappa shape index (κ1) is 20.1. The number of ether oxygens (including phenoxy) is 1. The van der Waals surface area contributed by atoms with Gasteiger partial charge in [0.25, 0.3) is 0 Å². The Kier molecular flexibility index (Phi) is 6.86. The lowest BCUT2D eigenvalue weighted by atomic mass is 10.1. The van der Waals surface area contributed by atoms with E-state index in [0.29, 0.717) is 5.96 Å². The first-order chi connectivity index (χ1) is 13.6. The normalized spacial score (nSPS) is 17.7. The standard InChI is InChI=1S/C20H30N6O2/c1-4-18-24-19-10-9-15(13-26(19)25-18)23-20(21-5-2)22-12-17(27)14-7-6-8-16(11-14)28-3/h6-8,11,15,17,27H,4-5,9-10,12-13H2,1-3H3,(H2,21,22,23). The summed E-state index contributed by atoms with van der Waals surface area (Å²) in [7, 11) is 1.62. The average Bonchev–Trinajstić information content (AvgIpc) is 3.14. The van der Waals surface area contributed by atoms with Gasteiger partial charge in [0.05, 0.1) is 26.3 Å². The van der Waals surface area contributed by atoms with Crippen molar-refractivity contribution in [2.24, 2.45) is 4.99 Å². The van der Waals surface area contributed by atoms with E-state index in [1.54, 1.807) is 7.11 Å². The molecule has 0 fully saturated rings. The van der Waals surface area contributed by atoms with Crippen LogP contribution in [0.5, 0.6) is 5.75 Å². The highest BCUT2D eigenvalue weighted by atomic mass is 16.5. The van der Waals surface area contributed by atoms with E-state index in [1.807, 2.05) is 35.9 Å². The number of aliphatic hydroxyl groups is 1. The molecule has 8 nitrogen and oxygen atoms in total. The van der Waals surface area contributed by atoms with Crippen molar-refractivity contribution in [3.8, 4) is 5.75 Å². The molecular weight excluding hydrogens is 356 g/mol. The van der Waals surface area contributed by atoms with E-state index in [2.05, 4.69) is 32.6 Å². The molecule has 8 heteroatoms. The van der Waals surface area contributed by atoms with Crippen LogP contribution in [-0.2, 0) is 19.4 Å². The highest BCUT2D eigenvalue weighted by Gasteiger charge is 2.22. The molecule has 0 aliphatic carbocycles. The summed E-state index contributed by atoms with van der Waals surface area (Å²) in [5.41, 5.74) is 0.788. The maximum atomic E-state index is 10.5. The monoisotopic (exact) mass is 386 g/mol. The Hall–Kier alpha value is -2.61. The molecule has 152 valence electrons. The lowest BCUT2D eigenvalue weighted by molar-refractivity contribution is 0.186. The molecule has 2 unspecified atom stereocenters. The average molecular weight is 387 g/mol. The van der Waals surface area contributed by atoms with Crippen molar-refractivity contribution in [1.82, 2.24) is 25.4 Å². The van der Waals surface area contributed by atoms with Gasteiger partial charge in [-0.15, -0.1) is 0 Å². The van der Waals surface area contributed by atoms with Crippen LogP contribution in [0.3, 0.4) is 0 Å². The zero-order chi connectivity index (χ0) is 19.9. The van der Waals surface area contributed by atoms with Gasteiger partial charge < -0.3 is 20.5 Å². The Bertz CT molecular complexity index is 804. The molecule has 0 amide bonds. The van der Waals surface area contributed by atoms with Crippen molar-refractivity contribution in [2.45, 2.75) is 51.8 Å². The van der Waals surface area contributed by atoms with Crippen LogP contribution < -0.4 is 15.4 Å². The molecule has 28 heavy (non-hydrogen) atoms. The Balaban J connectivity index is 1.62. The zero-order valence-electron chi connectivity index (χ0n) is 16.9. The van der Waals surface area contributed by atoms with Crippen LogP contribution in [0.1, 0.15) is 43.6 Å². The van der Waals surface area contributed by atoms with Crippen molar-refractivity contribution >= 4 is 5.96 Å². The topological polar surface area (TPSA) is 96.6 Å². The fourth-order valence-electron chi connectivity index (χ4n) is 3.27. The molecule has 0 radical (unpaired) electrons. The van der Waals surface area contributed by atoms with Gasteiger partial charge in [0, 0.05) is 25.4 Å². The molecule has 2 aromatic rings. The van der Waals surface area contributed by atoms with E-state index >= 15 is 0 Å². The molecule has 0 spiro atoms. The van der Waals surface area contributed by atoms with E-state index < -0.39 is 6.10 Å². The molecule has 3 N–H and O–H groups in total. The highest BCUT2D eigenvalue weighted by Crippen LogP contribution is 2.19. The lowest BCUT2D eigenvalue weighted by Gasteiger charge is -2.25. The Morgan fingerprint density at radius 2 is 2.29 bits per heavy atom. The summed E-state index contributed by atoms with van der Waals surface area (Å²) in [5.74, 6) is 3.39. The third-order valence-corrected chi connectivity index (χ3v) is 4.80. The van der Waals surface area contributed by atoms with E-state index in [-0.39, 0.29) is 12.6 Å². The summed E-state index contributed by atoms with van der Waals surface area (Å²) >= 11 is 0. The van der Waals surface area contributed by atoms with Gasteiger partial charge in [-0.3, -0.25) is 4.99 Å². The number of aromatic nitrogens is 3. The minimum absolute atomic E-state index is 0.227. The maximum Gasteiger partial charge on any atom is 0.191 e. The highest BCUT2D eigenvalue weighted by molar-refractivity contribution is 5.80. The minimum atomic E-state index is -0.689. The van der Waals surface area contributed by atoms with Gasteiger partial charge in [0.15, 0.2) is 11.8 Å². The second kappa shape index (κ2) is 9.54. The van der Waals surface area contributed by atoms with E-state index in [4.69, 9.17) is 4.74 Å². The second-order valence-corrected chi connectivity index (χ2v) is 6.87. The molecule has 3 rings (SSSR count). The van der Waals surface area contributed by atoms with Crippen molar-refractivity contribution in [2.75, 3.05) is 20.2 Å². The molecule has 0 bridgehead atoms. The summed E-state index contributed by atoms with van der Waals surface area (Å²) in [6, 6.07) is 7.66. The Labute approximate surface area is 166 Å². The van der Waals surface area contributed by atoms with Crippen molar-refractivity contribution in [3.05, 3.63) is 41.5 Å². The molecular formula is C20H30N6O2. The van der Waals surface area contributed by atoms with Crippen LogP contribution >= 0.6 is 0 Å². The number of rotatable bonds is 7. The molecule has 1 aromatic carbocycles. The van der Waals surface area contributed by atoms with Gasteiger partial charge in [-0.25, -0.2) is 9.67 Å². The number of nitrogens with one attached hydrogen (secondary N) is 2. The first-order valence-corrected chi connectivity index (χ1v) is 9.92. The lowest BCUT2D eigenvalue weighted by Crippen LogP contribution is -2.47. The summed E-state index contributed by atoms with van der Waals surface area (Å²) in [5, 5.41) is 21.8. The fraction of sp³-hybridized carbons (Fsp3) is 0.550. The van der Waals surface area contributed by atoms with Gasteiger partial charge in [0.2, 0.25) is 0 Å².